The van der Waals surface area contributed by atoms with Crippen LogP contribution < -0.4 is 4.74 Å². The van der Waals surface area contributed by atoms with Crippen LogP contribution >= 0.6 is 0 Å². The van der Waals surface area contributed by atoms with Gasteiger partial charge in [0.25, 0.3) is 0 Å². The fourth-order valence-electron chi connectivity index (χ4n) is 2.59. The van der Waals surface area contributed by atoms with E-state index >= 15 is 0 Å². The van der Waals surface area contributed by atoms with E-state index in [0.29, 0.717) is 13.0 Å². The molecular weight excluding hydrogens is 230 g/mol. The van der Waals surface area contributed by atoms with Crippen LogP contribution in [-0.4, -0.2) is 36.7 Å². The average molecular weight is 247 g/mol. The largest absolute Gasteiger partial charge is 0.497 e. The highest BCUT2D eigenvalue weighted by Crippen LogP contribution is 2.30. The maximum Gasteiger partial charge on any atom is 0.223 e. The van der Waals surface area contributed by atoms with Crippen LogP contribution in [0.1, 0.15) is 18.4 Å². The van der Waals surface area contributed by atoms with Crippen molar-refractivity contribution in [2.24, 2.45) is 0 Å². The average Bonchev–Trinajstić information content (AvgIpc) is 3.17. The topological polar surface area (TPSA) is 42.1 Å². The van der Waals surface area contributed by atoms with Crippen LogP contribution in [0.5, 0.6) is 5.75 Å². The molecule has 0 bridgehead atoms. The molecule has 1 aromatic rings. The molecule has 1 amide bonds. The molecular formula is C14H17NO3. The molecule has 0 spiro atoms. The molecule has 0 aliphatic carbocycles. The molecule has 2 fully saturated rings. The standard InChI is InChI=1S/C14H17NO3/c1-17-11-4-2-3-10(7-11)8-15-12(13-9-18-13)5-6-14(15)16/h2-4,7,12-13H,5-6,8-9H2,1H3/t12-,13?/m1/s1. The van der Waals surface area contributed by atoms with E-state index in [0.717, 1.165) is 24.3 Å². The van der Waals surface area contributed by atoms with Gasteiger partial charge in [-0.3, -0.25) is 4.79 Å². The number of rotatable bonds is 4. The van der Waals surface area contributed by atoms with Gasteiger partial charge in [0, 0.05) is 13.0 Å². The Bertz CT molecular complexity index is 456. The third-order valence-electron chi connectivity index (χ3n) is 3.65. The summed E-state index contributed by atoms with van der Waals surface area (Å²) in [7, 11) is 1.65. The molecule has 2 aliphatic rings. The van der Waals surface area contributed by atoms with E-state index in [-0.39, 0.29) is 18.1 Å². The Labute approximate surface area is 106 Å². The molecule has 96 valence electrons. The molecule has 1 unspecified atom stereocenters. The maximum atomic E-state index is 11.9. The summed E-state index contributed by atoms with van der Waals surface area (Å²) >= 11 is 0. The van der Waals surface area contributed by atoms with Crippen molar-refractivity contribution in [1.82, 2.24) is 4.90 Å². The first-order valence-electron chi connectivity index (χ1n) is 6.32. The predicted octanol–water partition coefficient (Wildman–Crippen LogP) is 1.58. The van der Waals surface area contributed by atoms with Gasteiger partial charge in [0.1, 0.15) is 11.9 Å². The Morgan fingerprint density at radius 1 is 1.50 bits per heavy atom. The number of hydrogen-bond acceptors (Lipinski definition) is 3. The second kappa shape index (κ2) is 4.61. The molecule has 2 atom stereocenters. The van der Waals surface area contributed by atoms with E-state index in [1.54, 1.807) is 7.11 Å². The van der Waals surface area contributed by atoms with Gasteiger partial charge < -0.3 is 14.4 Å². The zero-order chi connectivity index (χ0) is 12.5. The lowest BCUT2D eigenvalue weighted by atomic mass is 10.1. The molecule has 1 aromatic carbocycles. The van der Waals surface area contributed by atoms with Crippen molar-refractivity contribution >= 4 is 5.91 Å². The highest BCUT2D eigenvalue weighted by atomic mass is 16.6. The van der Waals surface area contributed by atoms with Crippen molar-refractivity contribution in [3.8, 4) is 5.75 Å². The van der Waals surface area contributed by atoms with Gasteiger partial charge in [-0.05, 0) is 24.1 Å². The molecule has 0 radical (unpaired) electrons. The summed E-state index contributed by atoms with van der Waals surface area (Å²) < 4.78 is 10.5. The summed E-state index contributed by atoms with van der Waals surface area (Å²) in [4.78, 5) is 13.9. The number of nitrogens with zero attached hydrogens (tertiary/aromatic N) is 1. The van der Waals surface area contributed by atoms with E-state index in [2.05, 4.69) is 0 Å². The lowest BCUT2D eigenvalue weighted by Gasteiger charge is -2.23. The van der Waals surface area contributed by atoms with E-state index in [4.69, 9.17) is 9.47 Å². The van der Waals surface area contributed by atoms with E-state index < -0.39 is 0 Å². The smallest absolute Gasteiger partial charge is 0.223 e. The number of carbonyl (C=O) groups is 1. The van der Waals surface area contributed by atoms with Crippen LogP contribution in [-0.2, 0) is 16.1 Å². The first-order valence-corrected chi connectivity index (χ1v) is 6.32. The Balaban J connectivity index is 1.75. The molecule has 0 aromatic heterocycles. The van der Waals surface area contributed by atoms with Gasteiger partial charge in [-0.2, -0.15) is 0 Å². The van der Waals surface area contributed by atoms with Gasteiger partial charge in [0.15, 0.2) is 0 Å². The van der Waals surface area contributed by atoms with Gasteiger partial charge in [0.05, 0.1) is 19.8 Å². The van der Waals surface area contributed by atoms with Crippen molar-refractivity contribution in [2.75, 3.05) is 13.7 Å². The third-order valence-corrected chi connectivity index (χ3v) is 3.65. The van der Waals surface area contributed by atoms with Crippen LogP contribution in [0.15, 0.2) is 24.3 Å². The van der Waals surface area contributed by atoms with E-state index in [9.17, 15) is 4.79 Å². The molecule has 0 saturated carbocycles. The molecule has 0 N–H and O–H groups in total. The summed E-state index contributed by atoms with van der Waals surface area (Å²) in [5, 5.41) is 0. The van der Waals surface area contributed by atoms with Crippen LogP contribution in [0.2, 0.25) is 0 Å². The Hall–Kier alpha value is -1.55. The highest BCUT2D eigenvalue weighted by molar-refractivity contribution is 5.79. The van der Waals surface area contributed by atoms with Crippen LogP contribution in [0.25, 0.3) is 0 Å². The molecule has 4 nitrogen and oxygen atoms in total. The Morgan fingerprint density at radius 3 is 3.06 bits per heavy atom. The molecule has 18 heavy (non-hydrogen) atoms. The summed E-state index contributed by atoms with van der Waals surface area (Å²) in [6, 6.07) is 8.15. The number of amides is 1. The zero-order valence-corrected chi connectivity index (χ0v) is 10.5. The number of methoxy groups -OCH3 is 1. The van der Waals surface area contributed by atoms with Gasteiger partial charge in [-0.25, -0.2) is 0 Å². The Morgan fingerprint density at radius 2 is 2.33 bits per heavy atom. The van der Waals surface area contributed by atoms with Gasteiger partial charge >= 0.3 is 0 Å². The lowest BCUT2D eigenvalue weighted by molar-refractivity contribution is -0.129. The summed E-state index contributed by atoms with van der Waals surface area (Å²) in [6.07, 6.45) is 1.84. The van der Waals surface area contributed by atoms with Crippen molar-refractivity contribution in [3.63, 3.8) is 0 Å². The molecule has 4 heteroatoms. The fourth-order valence-corrected chi connectivity index (χ4v) is 2.59. The second-order valence-electron chi connectivity index (χ2n) is 4.85. The number of carbonyl (C=O) groups excluding carboxylic acids is 1. The number of epoxide rings is 1. The van der Waals surface area contributed by atoms with E-state index in [1.807, 2.05) is 29.2 Å². The van der Waals surface area contributed by atoms with Crippen molar-refractivity contribution in [2.45, 2.75) is 31.5 Å². The SMILES string of the molecule is COc1cccc(CN2C(=O)CC[C@@H]2C2CO2)c1. The van der Waals surface area contributed by atoms with Crippen molar-refractivity contribution in [1.29, 1.82) is 0 Å². The first-order chi connectivity index (χ1) is 8.78. The first kappa shape index (κ1) is 11.5. The van der Waals surface area contributed by atoms with Crippen LogP contribution in [0.4, 0.5) is 0 Å². The molecule has 3 rings (SSSR count). The van der Waals surface area contributed by atoms with Crippen molar-refractivity contribution in [3.05, 3.63) is 29.8 Å². The Kier molecular flexibility index (Phi) is 2.96. The normalized spacial score (nSPS) is 26.5. The van der Waals surface area contributed by atoms with Crippen LogP contribution in [0.3, 0.4) is 0 Å². The van der Waals surface area contributed by atoms with E-state index in [1.165, 1.54) is 0 Å². The minimum Gasteiger partial charge on any atom is -0.497 e. The summed E-state index contributed by atoms with van der Waals surface area (Å²) in [5.74, 6) is 1.07. The number of benzene rings is 1. The molecule has 2 aliphatic heterocycles. The third kappa shape index (κ3) is 2.20. The number of hydrogen-bond donors (Lipinski definition) is 0. The number of ether oxygens (including phenoxy) is 2. The lowest BCUT2D eigenvalue weighted by Crippen LogP contribution is -2.36. The monoisotopic (exact) mass is 247 g/mol. The number of likely N-dealkylation sites (tertiary alicyclic amines) is 1. The maximum absolute atomic E-state index is 11.9. The minimum absolute atomic E-state index is 0.235. The molecule has 2 heterocycles. The zero-order valence-electron chi connectivity index (χ0n) is 10.5. The van der Waals surface area contributed by atoms with Gasteiger partial charge in [-0.1, -0.05) is 12.1 Å². The fraction of sp³-hybridized carbons (Fsp3) is 0.500. The predicted molar refractivity (Wildman–Crippen MR) is 66.3 cm³/mol. The van der Waals surface area contributed by atoms with Gasteiger partial charge in [-0.15, -0.1) is 0 Å². The second-order valence-corrected chi connectivity index (χ2v) is 4.85. The van der Waals surface area contributed by atoms with Crippen LogP contribution in [0, 0.1) is 0 Å². The molecule has 2 saturated heterocycles. The summed E-state index contributed by atoms with van der Waals surface area (Å²) in [6.45, 7) is 1.45. The quantitative estimate of drug-likeness (QED) is 0.759. The minimum atomic E-state index is 0.235. The summed E-state index contributed by atoms with van der Waals surface area (Å²) in [5.41, 5.74) is 1.11. The van der Waals surface area contributed by atoms with Crippen molar-refractivity contribution < 1.29 is 14.3 Å². The van der Waals surface area contributed by atoms with Gasteiger partial charge in [0.2, 0.25) is 5.91 Å². The highest BCUT2D eigenvalue weighted by Gasteiger charge is 2.42.